The molecule has 2 rings (SSSR count). The number of hydrogen-bond acceptors (Lipinski definition) is 0. The number of rotatable bonds is 19. The second-order valence-electron chi connectivity index (χ2n) is 9.43. The van der Waals surface area contributed by atoms with Crippen LogP contribution in [0.5, 0.6) is 0 Å². The first-order chi connectivity index (χ1) is 15.4. The van der Waals surface area contributed by atoms with Crippen LogP contribution in [0.2, 0.25) is 0 Å². The molecule has 31 heavy (non-hydrogen) atoms. The van der Waals surface area contributed by atoms with Crippen LogP contribution in [-0.4, -0.2) is 0 Å². The average molecular weight is 421 g/mol. The monoisotopic (exact) mass is 420 g/mol. The fraction of sp³-hybridized carbons (Fsp3) is 0.613. The molecular weight excluding hydrogens is 372 g/mol. The molecule has 0 aliphatic carbocycles. The minimum Gasteiger partial charge on any atom is -0.0885 e. The Labute approximate surface area is 193 Å². The zero-order valence-corrected chi connectivity index (χ0v) is 20.4. The maximum atomic E-state index is 2.42. The fourth-order valence-corrected chi connectivity index (χ4v) is 4.51. The molecule has 0 aromatic heterocycles. The molecule has 0 saturated heterocycles. The molecule has 2 aromatic carbocycles. The normalized spacial score (nSPS) is 11.6. The SMILES string of the molecule is CCCCCCCCCCCCCCCC/C=C/CCCc1ccc2ccccc2c1. The molecule has 0 aliphatic heterocycles. The topological polar surface area (TPSA) is 0 Å². The summed E-state index contributed by atoms with van der Waals surface area (Å²) in [7, 11) is 0. The lowest BCUT2D eigenvalue weighted by atomic mass is 10.0. The van der Waals surface area contributed by atoms with E-state index in [9.17, 15) is 0 Å². The van der Waals surface area contributed by atoms with Crippen molar-refractivity contribution in [2.24, 2.45) is 0 Å². The first-order valence-corrected chi connectivity index (χ1v) is 13.5. The Morgan fingerprint density at radius 2 is 1.03 bits per heavy atom. The Balaban J connectivity index is 1.33. The van der Waals surface area contributed by atoms with Crippen molar-refractivity contribution in [3.8, 4) is 0 Å². The number of benzene rings is 2. The lowest BCUT2D eigenvalue weighted by Crippen LogP contribution is -1.85. The summed E-state index contributed by atoms with van der Waals surface area (Å²) in [6.45, 7) is 2.30. The summed E-state index contributed by atoms with van der Waals surface area (Å²) in [4.78, 5) is 0. The van der Waals surface area contributed by atoms with E-state index in [1.165, 1.54) is 132 Å². The molecule has 0 aliphatic rings. The summed E-state index contributed by atoms with van der Waals surface area (Å²) in [5.74, 6) is 0. The highest BCUT2D eigenvalue weighted by Crippen LogP contribution is 2.17. The van der Waals surface area contributed by atoms with E-state index in [1.54, 1.807) is 0 Å². The molecule has 0 bridgehead atoms. The van der Waals surface area contributed by atoms with Gasteiger partial charge < -0.3 is 0 Å². The third-order valence-electron chi connectivity index (χ3n) is 6.54. The van der Waals surface area contributed by atoms with Crippen molar-refractivity contribution < 1.29 is 0 Å². The first-order valence-electron chi connectivity index (χ1n) is 13.5. The molecule has 172 valence electrons. The molecule has 0 fully saturated rings. The highest BCUT2D eigenvalue weighted by molar-refractivity contribution is 5.82. The average Bonchev–Trinajstić information content (AvgIpc) is 2.80. The quantitative estimate of drug-likeness (QED) is 0.156. The Kier molecular flexibility index (Phi) is 15.0. The molecule has 0 N–H and O–H groups in total. The lowest BCUT2D eigenvalue weighted by molar-refractivity contribution is 0.536. The van der Waals surface area contributed by atoms with Crippen LogP contribution in [-0.2, 0) is 6.42 Å². The van der Waals surface area contributed by atoms with E-state index in [2.05, 4.69) is 61.5 Å². The predicted octanol–water partition coefficient (Wildman–Crippen LogP) is 10.6. The van der Waals surface area contributed by atoms with Gasteiger partial charge in [-0.25, -0.2) is 0 Å². The number of unbranched alkanes of at least 4 members (excludes halogenated alkanes) is 15. The van der Waals surface area contributed by atoms with E-state index in [0.717, 1.165) is 0 Å². The predicted molar refractivity (Wildman–Crippen MR) is 141 cm³/mol. The van der Waals surface area contributed by atoms with Crippen molar-refractivity contribution in [1.82, 2.24) is 0 Å². The maximum absolute atomic E-state index is 2.42. The van der Waals surface area contributed by atoms with Crippen LogP contribution in [0.25, 0.3) is 10.8 Å². The molecule has 0 radical (unpaired) electrons. The van der Waals surface area contributed by atoms with Gasteiger partial charge in [-0.15, -0.1) is 0 Å². The van der Waals surface area contributed by atoms with E-state index < -0.39 is 0 Å². The largest absolute Gasteiger partial charge is 0.0885 e. The van der Waals surface area contributed by atoms with Crippen LogP contribution in [0.15, 0.2) is 54.6 Å². The smallest absolute Gasteiger partial charge is 0.0181 e. The second-order valence-corrected chi connectivity index (χ2v) is 9.43. The van der Waals surface area contributed by atoms with E-state index in [1.807, 2.05) is 0 Å². The Bertz CT molecular complexity index is 696. The van der Waals surface area contributed by atoms with Gasteiger partial charge in [0.05, 0.1) is 0 Å². The molecular formula is C31H48. The third kappa shape index (κ3) is 12.8. The van der Waals surface area contributed by atoms with Crippen molar-refractivity contribution in [2.45, 2.75) is 122 Å². The van der Waals surface area contributed by atoms with E-state index >= 15 is 0 Å². The number of aryl methyl sites for hydroxylation is 1. The molecule has 0 heterocycles. The van der Waals surface area contributed by atoms with Crippen molar-refractivity contribution in [3.05, 3.63) is 60.2 Å². The first kappa shape index (κ1) is 25.7. The van der Waals surface area contributed by atoms with Gasteiger partial charge in [-0.3, -0.25) is 0 Å². The summed E-state index contributed by atoms with van der Waals surface area (Å²) in [5, 5.41) is 2.72. The van der Waals surface area contributed by atoms with Gasteiger partial charge in [0.2, 0.25) is 0 Å². The van der Waals surface area contributed by atoms with Crippen LogP contribution in [0, 0.1) is 0 Å². The van der Waals surface area contributed by atoms with Gasteiger partial charge in [0.1, 0.15) is 0 Å². The Hall–Kier alpha value is -1.56. The van der Waals surface area contributed by atoms with Gasteiger partial charge in [0.25, 0.3) is 0 Å². The summed E-state index contributed by atoms with van der Waals surface area (Å²) in [6, 6.07) is 15.6. The summed E-state index contributed by atoms with van der Waals surface area (Å²) in [5.41, 5.74) is 1.47. The summed E-state index contributed by atoms with van der Waals surface area (Å²) >= 11 is 0. The van der Waals surface area contributed by atoms with Gasteiger partial charge in [0.15, 0.2) is 0 Å². The Morgan fingerprint density at radius 3 is 1.65 bits per heavy atom. The molecule has 2 aromatic rings. The highest BCUT2D eigenvalue weighted by Gasteiger charge is 1.96. The van der Waals surface area contributed by atoms with Crippen LogP contribution < -0.4 is 0 Å². The molecule has 0 spiro atoms. The molecule has 0 nitrogen and oxygen atoms in total. The molecule has 0 saturated carbocycles. The van der Waals surface area contributed by atoms with Crippen molar-refractivity contribution >= 4 is 10.8 Å². The second kappa shape index (κ2) is 18.1. The number of allylic oxidation sites excluding steroid dienone is 2. The van der Waals surface area contributed by atoms with Crippen LogP contribution in [0.4, 0.5) is 0 Å². The minimum absolute atomic E-state index is 1.19. The van der Waals surface area contributed by atoms with Gasteiger partial charge in [0, 0.05) is 0 Å². The third-order valence-corrected chi connectivity index (χ3v) is 6.54. The van der Waals surface area contributed by atoms with Crippen LogP contribution >= 0.6 is 0 Å². The molecule has 0 atom stereocenters. The van der Waals surface area contributed by atoms with Crippen molar-refractivity contribution in [1.29, 1.82) is 0 Å². The zero-order valence-electron chi connectivity index (χ0n) is 20.4. The number of fused-ring (bicyclic) bond motifs is 1. The standard InChI is InChI=1S/C31H48/c1-2-3-4-5-6-7-8-9-10-11-12-13-14-15-16-17-18-19-20-23-29-26-27-30-24-21-22-25-31(30)28-29/h17-18,21-22,24-28H,2-16,19-20,23H2,1H3/b18-17+. The fourth-order valence-electron chi connectivity index (χ4n) is 4.51. The van der Waals surface area contributed by atoms with E-state index in [4.69, 9.17) is 0 Å². The highest BCUT2D eigenvalue weighted by atomic mass is 14.0. The van der Waals surface area contributed by atoms with Gasteiger partial charge >= 0.3 is 0 Å². The molecule has 0 unspecified atom stereocenters. The lowest BCUT2D eigenvalue weighted by Gasteiger charge is -2.03. The minimum atomic E-state index is 1.19. The van der Waals surface area contributed by atoms with Gasteiger partial charge in [-0.1, -0.05) is 145 Å². The zero-order chi connectivity index (χ0) is 21.8. The maximum Gasteiger partial charge on any atom is -0.0181 e. The van der Waals surface area contributed by atoms with Gasteiger partial charge in [-0.05, 0) is 48.4 Å². The number of hydrogen-bond donors (Lipinski definition) is 0. The van der Waals surface area contributed by atoms with Crippen LogP contribution in [0.1, 0.15) is 122 Å². The molecule has 0 heteroatoms. The summed E-state index contributed by atoms with van der Waals surface area (Å²) in [6.07, 6.45) is 30.0. The van der Waals surface area contributed by atoms with Gasteiger partial charge in [-0.2, -0.15) is 0 Å². The van der Waals surface area contributed by atoms with E-state index in [-0.39, 0.29) is 0 Å². The van der Waals surface area contributed by atoms with E-state index in [0.29, 0.717) is 0 Å². The van der Waals surface area contributed by atoms with Crippen molar-refractivity contribution in [2.75, 3.05) is 0 Å². The summed E-state index contributed by atoms with van der Waals surface area (Å²) < 4.78 is 0. The van der Waals surface area contributed by atoms with Crippen molar-refractivity contribution in [3.63, 3.8) is 0 Å². The van der Waals surface area contributed by atoms with Crippen LogP contribution in [0.3, 0.4) is 0 Å². The Morgan fingerprint density at radius 1 is 0.516 bits per heavy atom. The molecule has 0 amide bonds.